The summed E-state index contributed by atoms with van der Waals surface area (Å²) in [5.74, 6) is 1.70. The minimum atomic E-state index is -0.370. The highest BCUT2D eigenvalue weighted by atomic mass is 16.5. The van der Waals surface area contributed by atoms with Gasteiger partial charge in [0.25, 0.3) is 0 Å². The molecule has 2 atom stereocenters. The first-order valence-electron chi connectivity index (χ1n) is 8.77. The van der Waals surface area contributed by atoms with Gasteiger partial charge in [0.05, 0.1) is 25.0 Å². The summed E-state index contributed by atoms with van der Waals surface area (Å²) in [6, 6.07) is 7.83. The number of aliphatic hydroxyl groups is 2. The molecule has 1 aromatic heterocycles. The normalized spacial score (nSPS) is 21.0. The van der Waals surface area contributed by atoms with Crippen LogP contribution in [0.25, 0.3) is 0 Å². The van der Waals surface area contributed by atoms with E-state index in [2.05, 4.69) is 10.1 Å². The first kappa shape index (κ1) is 17.9. The molecular weight excluding hydrogens is 320 g/mol. The summed E-state index contributed by atoms with van der Waals surface area (Å²) < 4.78 is 10.8. The van der Waals surface area contributed by atoms with Crippen molar-refractivity contribution in [2.75, 3.05) is 19.7 Å². The van der Waals surface area contributed by atoms with Crippen molar-refractivity contribution >= 4 is 0 Å². The lowest BCUT2D eigenvalue weighted by molar-refractivity contribution is 0.137. The number of aliphatic hydroxyl groups excluding tert-OH is 2. The quantitative estimate of drug-likeness (QED) is 0.797. The Balaban J connectivity index is 1.62. The number of hydrogen-bond donors (Lipinski definition) is 2. The first-order valence-corrected chi connectivity index (χ1v) is 8.77. The van der Waals surface area contributed by atoms with Gasteiger partial charge < -0.3 is 19.5 Å². The molecule has 25 heavy (non-hydrogen) atoms. The fourth-order valence-corrected chi connectivity index (χ4v) is 3.45. The van der Waals surface area contributed by atoms with Gasteiger partial charge in [-0.1, -0.05) is 11.2 Å². The molecule has 1 aromatic carbocycles. The van der Waals surface area contributed by atoms with E-state index in [-0.39, 0.29) is 18.6 Å². The molecule has 0 amide bonds. The Morgan fingerprint density at radius 1 is 1.32 bits per heavy atom. The predicted molar refractivity (Wildman–Crippen MR) is 93.3 cm³/mol. The molecule has 0 bridgehead atoms. The molecule has 0 spiro atoms. The van der Waals surface area contributed by atoms with Gasteiger partial charge in [0, 0.05) is 43.6 Å². The van der Waals surface area contributed by atoms with Crippen LogP contribution in [-0.2, 0) is 19.6 Å². The zero-order valence-corrected chi connectivity index (χ0v) is 14.8. The van der Waals surface area contributed by atoms with Crippen LogP contribution in [0.5, 0.6) is 5.75 Å². The topological polar surface area (TPSA) is 79.0 Å². The lowest BCUT2D eigenvalue weighted by Crippen LogP contribution is -2.21. The van der Waals surface area contributed by atoms with Gasteiger partial charge in [-0.15, -0.1) is 0 Å². The zero-order valence-electron chi connectivity index (χ0n) is 14.8. The minimum absolute atomic E-state index is 0.0424. The van der Waals surface area contributed by atoms with Crippen molar-refractivity contribution < 1.29 is 19.5 Å². The highest BCUT2D eigenvalue weighted by Gasteiger charge is 2.32. The van der Waals surface area contributed by atoms with E-state index in [4.69, 9.17) is 9.26 Å². The maximum absolute atomic E-state index is 10.4. The second-order valence-corrected chi connectivity index (χ2v) is 6.69. The minimum Gasteiger partial charge on any atom is -0.494 e. The van der Waals surface area contributed by atoms with E-state index in [1.807, 2.05) is 38.1 Å². The van der Waals surface area contributed by atoms with Gasteiger partial charge in [-0.3, -0.25) is 4.90 Å². The average Bonchev–Trinajstić information content (AvgIpc) is 3.15. The molecule has 0 saturated carbocycles. The summed E-state index contributed by atoms with van der Waals surface area (Å²) in [6.45, 7) is 6.54. The fraction of sp³-hybridized carbons (Fsp3) is 0.526. The Morgan fingerprint density at radius 2 is 2.16 bits per heavy atom. The smallest absolute Gasteiger partial charge is 0.137 e. The van der Waals surface area contributed by atoms with Crippen molar-refractivity contribution in [2.45, 2.75) is 39.5 Å². The van der Waals surface area contributed by atoms with E-state index >= 15 is 0 Å². The van der Waals surface area contributed by atoms with E-state index < -0.39 is 0 Å². The molecule has 1 fully saturated rings. The van der Waals surface area contributed by atoms with Gasteiger partial charge in [0.1, 0.15) is 11.5 Å². The molecule has 0 aliphatic carbocycles. The van der Waals surface area contributed by atoms with Crippen LogP contribution in [0.15, 0.2) is 28.8 Å². The number of aryl methyl sites for hydroxylation is 1. The van der Waals surface area contributed by atoms with Crippen LogP contribution in [0.1, 0.15) is 29.5 Å². The van der Waals surface area contributed by atoms with Crippen LogP contribution in [0.4, 0.5) is 0 Å². The van der Waals surface area contributed by atoms with Gasteiger partial charge in [-0.2, -0.15) is 0 Å². The lowest BCUT2D eigenvalue weighted by Gasteiger charge is -2.17. The summed E-state index contributed by atoms with van der Waals surface area (Å²) in [4.78, 5) is 2.23. The number of likely N-dealkylation sites (tertiary alicyclic amines) is 1. The molecule has 2 heterocycles. The van der Waals surface area contributed by atoms with E-state index in [0.717, 1.165) is 41.4 Å². The summed E-state index contributed by atoms with van der Waals surface area (Å²) in [6.07, 6.45) is 0.328. The molecule has 2 aromatic rings. The molecule has 6 heteroatoms. The maximum Gasteiger partial charge on any atom is 0.137 e. The van der Waals surface area contributed by atoms with E-state index in [9.17, 15) is 10.2 Å². The number of rotatable bonds is 7. The molecule has 3 rings (SSSR count). The molecule has 0 unspecified atom stereocenters. The molecular formula is C19H26N2O4. The van der Waals surface area contributed by atoms with Crippen LogP contribution in [0.2, 0.25) is 0 Å². The number of β-amino-alcohol motifs (C(OH)–C–C–N with tert-alkyl or cyclic N) is 1. The standard InChI is InChI=1S/C19H26N2O4/c1-3-24-19-5-4-14(7-16(19)12-22)9-21-10-15(18(23)11-21)8-17-6-13(2)20-25-17/h4-7,15,18,22-23H,3,8-12H2,1-2H3/t15-,18-/m1/s1. The predicted octanol–water partition coefficient (Wildman–Crippen LogP) is 1.91. The molecule has 0 radical (unpaired) electrons. The SMILES string of the molecule is CCOc1ccc(CN2C[C@@H](Cc3cc(C)no3)[C@H](O)C2)cc1CO. The number of aromatic nitrogens is 1. The first-order chi connectivity index (χ1) is 12.1. The molecule has 1 aliphatic heterocycles. The van der Waals surface area contributed by atoms with Gasteiger partial charge >= 0.3 is 0 Å². The van der Waals surface area contributed by atoms with E-state index in [1.165, 1.54) is 0 Å². The summed E-state index contributed by atoms with van der Waals surface area (Å²) in [5.41, 5.74) is 2.77. The Hall–Kier alpha value is -1.89. The Morgan fingerprint density at radius 3 is 2.84 bits per heavy atom. The Labute approximate surface area is 148 Å². The second kappa shape index (κ2) is 7.99. The van der Waals surface area contributed by atoms with Crippen LogP contribution in [0.3, 0.4) is 0 Å². The molecule has 1 saturated heterocycles. The number of ether oxygens (including phenoxy) is 1. The van der Waals surface area contributed by atoms with Crippen molar-refractivity contribution in [2.24, 2.45) is 5.92 Å². The van der Waals surface area contributed by atoms with Crippen molar-refractivity contribution in [3.8, 4) is 5.75 Å². The largest absolute Gasteiger partial charge is 0.494 e. The fourth-order valence-electron chi connectivity index (χ4n) is 3.45. The van der Waals surface area contributed by atoms with Gasteiger partial charge in [-0.05, 0) is 31.5 Å². The van der Waals surface area contributed by atoms with Crippen LogP contribution < -0.4 is 4.74 Å². The third-order valence-corrected chi connectivity index (χ3v) is 4.62. The summed E-state index contributed by atoms with van der Waals surface area (Å²) in [7, 11) is 0. The van der Waals surface area contributed by atoms with E-state index in [0.29, 0.717) is 19.6 Å². The van der Waals surface area contributed by atoms with Crippen LogP contribution in [0, 0.1) is 12.8 Å². The van der Waals surface area contributed by atoms with Gasteiger partial charge in [0.15, 0.2) is 0 Å². The summed E-state index contributed by atoms with van der Waals surface area (Å²) >= 11 is 0. The van der Waals surface area contributed by atoms with Crippen molar-refractivity contribution in [1.29, 1.82) is 0 Å². The monoisotopic (exact) mass is 346 g/mol. The highest BCUT2D eigenvalue weighted by molar-refractivity contribution is 5.37. The van der Waals surface area contributed by atoms with Crippen LogP contribution in [-0.4, -0.2) is 46.1 Å². The average molecular weight is 346 g/mol. The van der Waals surface area contributed by atoms with Gasteiger partial charge in [0.2, 0.25) is 0 Å². The highest BCUT2D eigenvalue weighted by Crippen LogP contribution is 2.25. The lowest BCUT2D eigenvalue weighted by atomic mass is 10.0. The molecule has 1 aliphatic rings. The van der Waals surface area contributed by atoms with E-state index in [1.54, 1.807) is 0 Å². The number of benzene rings is 1. The molecule has 2 N–H and O–H groups in total. The molecule has 136 valence electrons. The maximum atomic E-state index is 10.4. The summed E-state index contributed by atoms with van der Waals surface area (Å²) in [5, 5.41) is 23.8. The number of nitrogens with zero attached hydrogens (tertiary/aromatic N) is 2. The van der Waals surface area contributed by atoms with Gasteiger partial charge in [-0.25, -0.2) is 0 Å². The number of hydrogen-bond acceptors (Lipinski definition) is 6. The van der Waals surface area contributed by atoms with Crippen molar-refractivity contribution in [3.63, 3.8) is 0 Å². The Kier molecular flexibility index (Phi) is 5.73. The Bertz CT molecular complexity index is 700. The van der Waals surface area contributed by atoms with Crippen molar-refractivity contribution in [1.82, 2.24) is 10.1 Å². The molecule has 6 nitrogen and oxygen atoms in total. The van der Waals surface area contributed by atoms with Crippen molar-refractivity contribution in [3.05, 3.63) is 46.8 Å². The third kappa shape index (κ3) is 4.39. The zero-order chi connectivity index (χ0) is 17.8. The second-order valence-electron chi connectivity index (χ2n) is 6.69. The third-order valence-electron chi connectivity index (χ3n) is 4.62. The van der Waals surface area contributed by atoms with Crippen LogP contribution >= 0.6 is 0 Å².